The van der Waals surface area contributed by atoms with Gasteiger partial charge in [-0.2, -0.15) is 0 Å². The van der Waals surface area contributed by atoms with Crippen LogP contribution in [0.5, 0.6) is 0 Å². The summed E-state index contributed by atoms with van der Waals surface area (Å²) >= 11 is 0. The Hall–Kier alpha value is -0.600. The van der Waals surface area contributed by atoms with Crippen LogP contribution in [0.15, 0.2) is 25.3 Å². The topological polar surface area (TPSA) is 40.5 Å². The van der Waals surface area contributed by atoms with E-state index in [0.29, 0.717) is 12.8 Å². The first-order chi connectivity index (χ1) is 5.20. The monoisotopic (exact) mass is 156 g/mol. The van der Waals surface area contributed by atoms with Crippen molar-refractivity contribution in [3.63, 3.8) is 0 Å². The van der Waals surface area contributed by atoms with Gasteiger partial charge in [0.15, 0.2) is 0 Å². The van der Waals surface area contributed by atoms with Crippen molar-refractivity contribution in [1.29, 1.82) is 0 Å². The highest BCUT2D eigenvalue weighted by Gasteiger charge is 2.00. The maximum atomic E-state index is 9.02. The summed E-state index contributed by atoms with van der Waals surface area (Å²) in [6, 6.07) is 0. The third-order valence-electron chi connectivity index (χ3n) is 1.54. The molecule has 0 aliphatic heterocycles. The second-order valence-corrected chi connectivity index (χ2v) is 2.54. The fourth-order valence-corrected chi connectivity index (χ4v) is 0.772. The summed E-state index contributed by atoms with van der Waals surface area (Å²) in [7, 11) is 0. The molecule has 0 aliphatic carbocycles. The molecule has 2 nitrogen and oxygen atoms in total. The lowest BCUT2D eigenvalue weighted by Crippen LogP contribution is -2.05. The van der Waals surface area contributed by atoms with Gasteiger partial charge in [-0.05, 0) is 19.3 Å². The fraction of sp³-hybridized carbons (Fsp3) is 0.556. The third-order valence-corrected chi connectivity index (χ3v) is 1.54. The van der Waals surface area contributed by atoms with Crippen molar-refractivity contribution in [1.82, 2.24) is 0 Å². The fourth-order valence-electron chi connectivity index (χ4n) is 0.772. The van der Waals surface area contributed by atoms with Gasteiger partial charge in [-0.1, -0.05) is 12.2 Å². The van der Waals surface area contributed by atoms with E-state index in [0.717, 1.165) is 6.42 Å². The SMILES string of the molecule is C=CC(O)CCCC(O)C=C. The average Bonchev–Trinajstić information content (AvgIpc) is 2.04. The normalized spacial score (nSPS) is 15.5. The summed E-state index contributed by atoms with van der Waals surface area (Å²) in [6.07, 6.45) is 4.24. The minimum atomic E-state index is -0.438. The molecular formula is C9H16O2. The molecular weight excluding hydrogens is 140 g/mol. The molecule has 2 N–H and O–H groups in total. The predicted molar refractivity (Wildman–Crippen MR) is 46.3 cm³/mol. The third kappa shape index (κ3) is 5.83. The Morgan fingerprint density at radius 2 is 1.36 bits per heavy atom. The van der Waals surface area contributed by atoms with Crippen LogP contribution < -0.4 is 0 Å². The van der Waals surface area contributed by atoms with Crippen LogP contribution in [-0.2, 0) is 0 Å². The first kappa shape index (κ1) is 10.4. The molecule has 64 valence electrons. The van der Waals surface area contributed by atoms with Gasteiger partial charge >= 0.3 is 0 Å². The molecule has 0 fully saturated rings. The molecule has 0 aliphatic rings. The largest absolute Gasteiger partial charge is 0.389 e. The zero-order valence-electron chi connectivity index (χ0n) is 6.74. The van der Waals surface area contributed by atoms with Crippen molar-refractivity contribution in [2.24, 2.45) is 0 Å². The van der Waals surface area contributed by atoms with E-state index in [1.54, 1.807) is 0 Å². The Kier molecular flexibility index (Phi) is 5.80. The highest BCUT2D eigenvalue weighted by molar-refractivity contribution is 4.81. The van der Waals surface area contributed by atoms with Crippen LogP contribution in [0.2, 0.25) is 0 Å². The second-order valence-electron chi connectivity index (χ2n) is 2.54. The number of rotatable bonds is 6. The van der Waals surface area contributed by atoms with Gasteiger partial charge in [0.25, 0.3) is 0 Å². The van der Waals surface area contributed by atoms with Crippen molar-refractivity contribution >= 4 is 0 Å². The molecule has 0 spiro atoms. The minimum absolute atomic E-state index is 0.438. The molecule has 0 aromatic carbocycles. The van der Waals surface area contributed by atoms with Crippen LogP contribution in [0.3, 0.4) is 0 Å². The van der Waals surface area contributed by atoms with Gasteiger partial charge < -0.3 is 10.2 Å². The van der Waals surface area contributed by atoms with Crippen molar-refractivity contribution in [2.75, 3.05) is 0 Å². The number of hydrogen-bond acceptors (Lipinski definition) is 2. The zero-order chi connectivity index (χ0) is 8.69. The molecule has 0 amide bonds. The summed E-state index contributed by atoms with van der Waals surface area (Å²) < 4.78 is 0. The van der Waals surface area contributed by atoms with Gasteiger partial charge in [0.2, 0.25) is 0 Å². The molecule has 2 unspecified atom stereocenters. The summed E-state index contributed by atoms with van der Waals surface area (Å²) in [4.78, 5) is 0. The first-order valence-corrected chi connectivity index (χ1v) is 3.82. The number of aliphatic hydroxyl groups is 2. The van der Waals surface area contributed by atoms with E-state index in [1.807, 2.05) is 0 Å². The van der Waals surface area contributed by atoms with E-state index in [4.69, 9.17) is 10.2 Å². The van der Waals surface area contributed by atoms with E-state index < -0.39 is 12.2 Å². The summed E-state index contributed by atoms with van der Waals surface area (Å²) in [6.45, 7) is 6.89. The highest BCUT2D eigenvalue weighted by atomic mass is 16.3. The molecule has 0 radical (unpaired) electrons. The standard InChI is InChI=1S/C9H16O2/c1-3-8(10)6-5-7-9(11)4-2/h3-4,8-11H,1-2,5-7H2. The molecule has 2 heteroatoms. The van der Waals surface area contributed by atoms with Gasteiger partial charge in [0, 0.05) is 0 Å². The Labute approximate surface area is 67.9 Å². The minimum Gasteiger partial charge on any atom is -0.389 e. The molecule has 0 bridgehead atoms. The van der Waals surface area contributed by atoms with E-state index in [9.17, 15) is 0 Å². The molecule has 0 aromatic heterocycles. The van der Waals surface area contributed by atoms with Crippen LogP contribution in [0.25, 0.3) is 0 Å². The van der Waals surface area contributed by atoms with Crippen LogP contribution in [0, 0.1) is 0 Å². The number of hydrogen-bond donors (Lipinski definition) is 2. The smallest absolute Gasteiger partial charge is 0.0718 e. The van der Waals surface area contributed by atoms with Crippen molar-refractivity contribution in [3.05, 3.63) is 25.3 Å². The second kappa shape index (κ2) is 6.13. The van der Waals surface area contributed by atoms with Crippen LogP contribution in [0.4, 0.5) is 0 Å². The van der Waals surface area contributed by atoms with E-state index in [1.165, 1.54) is 12.2 Å². The van der Waals surface area contributed by atoms with Crippen LogP contribution in [0.1, 0.15) is 19.3 Å². The quantitative estimate of drug-likeness (QED) is 0.568. The molecule has 0 saturated carbocycles. The molecule has 0 saturated heterocycles. The van der Waals surface area contributed by atoms with Gasteiger partial charge in [-0.3, -0.25) is 0 Å². The summed E-state index contributed by atoms with van der Waals surface area (Å²) in [5, 5.41) is 18.0. The first-order valence-electron chi connectivity index (χ1n) is 3.82. The number of aliphatic hydroxyl groups excluding tert-OH is 2. The lowest BCUT2D eigenvalue weighted by Gasteiger charge is -2.06. The van der Waals surface area contributed by atoms with Crippen molar-refractivity contribution in [3.8, 4) is 0 Å². The lowest BCUT2D eigenvalue weighted by molar-refractivity contribution is 0.181. The van der Waals surface area contributed by atoms with Crippen LogP contribution >= 0.6 is 0 Å². The Balaban J connectivity index is 3.26. The van der Waals surface area contributed by atoms with Crippen LogP contribution in [-0.4, -0.2) is 22.4 Å². The summed E-state index contributed by atoms with van der Waals surface area (Å²) in [5.74, 6) is 0. The van der Waals surface area contributed by atoms with E-state index in [-0.39, 0.29) is 0 Å². The molecule has 2 atom stereocenters. The van der Waals surface area contributed by atoms with Crippen molar-refractivity contribution < 1.29 is 10.2 Å². The molecule has 11 heavy (non-hydrogen) atoms. The zero-order valence-corrected chi connectivity index (χ0v) is 6.74. The van der Waals surface area contributed by atoms with Gasteiger partial charge in [-0.25, -0.2) is 0 Å². The Morgan fingerprint density at radius 3 is 1.64 bits per heavy atom. The lowest BCUT2D eigenvalue weighted by atomic mass is 10.1. The Morgan fingerprint density at radius 1 is 1.00 bits per heavy atom. The van der Waals surface area contributed by atoms with E-state index >= 15 is 0 Å². The Bertz CT molecular complexity index is 107. The van der Waals surface area contributed by atoms with Crippen molar-refractivity contribution in [2.45, 2.75) is 31.5 Å². The molecule has 0 aromatic rings. The summed E-state index contributed by atoms with van der Waals surface area (Å²) in [5.41, 5.74) is 0. The van der Waals surface area contributed by atoms with Gasteiger partial charge in [0.1, 0.15) is 0 Å². The van der Waals surface area contributed by atoms with Gasteiger partial charge in [0.05, 0.1) is 12.2 Å². The molecule has 0 rings (SSSR count). The van der Waals surface area contributed by atoms with E-state index in [2.05, 4.69) is 13.2 Å². The predicted octanol–water partition coefficient (Wildman–Crippen LogP) is 1.25. The maximum Gasteiger partial charge on any atom is 0.0718 e. The molecule has 0 heterocycles. The highest BCUT2D eigenvalue weighted by Crippen LogP contribution is 2.04. The van der Waals surface area contributed by atoms with Gasteiger partial charge in [-0.15, -0.1) is 13.2 Å². The maximum absolute atomic E-state index is 9.02. The average molecular weight is 156 g/mol.